The fraction of sp³-hybridized carbons (Fsp3) is 0.684. The Morgan fingerprint density at radius 3 is 2.23 bits per heavy atom. The van der Waals surface area contributed by atoms with Gasteiger partial charge in [-0.25, -0.2) is 0 Å². The smallest absolute Gasteiger partial charge is 0.122 e. The molecule has 0 aliphatic rings. The van der Waals surface area contributed by atoms with Gasteiger partial charge in [0.25, 0.3) is 0 Å². The second-order valence-corrected chi connectivity index (χ2v) is 7.22. The molecule has 3 atom stereocenters. The Kier molecular flexibility index (Phi) is 7.37. The zero-order chi connectivity index (χ0) is 16.9. The van der Waals surface area contributed by atoms with E-state index in [2.05, 4.69) is 52.8 Å². The van der Waals surface area contributed by atoms with E-state index in [1.165, 1.54) is 11.1 Å². The zero-order valence-corrected chi connectivity index (χ0v) is 15.0. The first-order chi connectivity index (χ1) is 10.2. The second-order valence-electron chi connectivity index (χ2n) is 7.22. The lowest BCUT2D eigenvalue weighted by Gasteiger charge is -2.22. The molecule has 0 spiro atoms. The molecule has 0 radical (unpaired) electrons. The van der Waals surface area contributed by atoms with Crippen LogP contribution in [0.5, 0.6) is 5.75 Å². The maximum absolute atomic E-state index is 9.99. The van der Waals surface area contributed by atoms with Crippen molar-refractivity contribution in [3.05, 3.63) is 29.3 Å². The van der Waals surface area contributed by atoms with Crippen molar-refractivity contribution < 1.29 is 9.84 Å². The van der Waals surface area contributed by atoms with Crippen LogP contribution >= 0.6 is 0 Å². The highest BCUT2D eigenvalue weighted by atomic mass is 16.5. The minimum atomic E-state index is -0.464. The molecule has 1 aromatic carbocycles. The lowest BCUT2D eigenvalue weighted by molar-refractivity contribution is 0.134. The van der Waals surface area contributed by atoms with Crippen LogP contribution in [0.25, 0.3) is 0 Å². The molecule has 3 unspecified atom stereocenters. The first kappa shape index (κ1) is 19.0. The fourth-order valence-electron chi connectivity index (χ4n) is 2.43. The number of benzene rings is 1. The van der Waals surface area contributed by atoms with Gasteiger partial charge in [-0.2, -0.15) is 0 Å². The predicted octanol–water partition coefficient (Wildman–Crippen LogP) is 4.05. The highest BCUT2D eigenvalue weighted by Gasteiger charge is 2.17. The van der Waals surface area contributed by atoms with E-state index in [1.807, 2.05) is 6.92 Å². The molecule has 0 aliphatic carbocycles. The summed E-state index contributed by atoms with van der Waals surface area (Å²) < 4.78 is 5.94. The molecule has 1 aromatic rings. The molecule has 0 aliphatic heterocycles. The number of nitrogens with two attached hydrogens (primary N) is 1. The molecule has 3 heteroatoms. The molecule has 0 bridgehead atoms. The van der Waals surface area contributed by atoms with Crippen molar-refractivity contribution in [2.45, 2.75) is 71.9 Å². The summed E-state index contributed by atoms with van der Waals surface area (Å²) in [5.74, 6) is 2.18. The van der Waals surface area contributed by atoms with Gasteiger partial charge < -0.3 is 15.6 Å². The van der Waals surface area contributed by atoms with E-state index in [1.54, 1.807) is 0 Å². The maximum atomic E-state index is 9.99. The van der Waals surface area contributed by atoms with Crippen LogP contribution < -0.4 is 10.5 Å². The van der Waals surface area contributed by atoms with E-state index < -0.39 is 6.10 Å². The Morgan fingerprint density at radius 2 is 1.73 bits per heavy atom. The van der Waals surface area contributed by atoms with Gasteiger partial charge in [0.15, 0.2) is 0 Å². The number of hydrogen-bond acceptors (Lipinski definition) is 3. The topological polar surface area (TPSA) is 55.5 Å². The normalized spacial score (nSPS) is 15.9. The third-order valence-electron chi connectivity index (χ3n) is 4.00. The van der Waals surface area contributed by atoms with Crippen LogP contribution in [0.3, 0.4) is 0 Å². The van der Waals surface area contributed by atoms with Gasteiger partial charge in [0.1, 0.15) is 5.75 Å². The molecule has 3 nitrogen and oxygen atoms in total. The van der Waals surface area contributed by atoms with Crippen molar-refractivity contribution in [2.75, 3.05) is 6.61 Å². The van der Waals surface area contributed by atoms with Crippen LogP contribution in [-0.2, 0) is 0 Å². The van der Waals surface area contributed by atoms with Crippen LogP contribution in [0.4, 0.5) is 0 Å². The monoisotopic (exact) mass is 307 g/mol. The van der Waals surface area contributed by atoms with Gasteiger partial charge in [-0.15, -0.1) is 0 Å². The minimum absolute atomic E-state index is 0.194. The molecule has 1 rings (SSSR count). The minimum Gasteiger partial charge on any atom is -0.493 e. The SMILES string of the molecule is CC(C)COc1ccc(C(C)CC(O)C(C)N)cc1C(C)C. The summed E-state index contributed by atoms with van der Waals surface area (Å²) in [6.45, 7) is 13.4. The summed E-state index contributed by atoms with van der Waals surface area (Å²) in [5, 5.41) is 9.99. The summed E-state index contributed by atoms with van der Waals surface area (Å²) in [7, 11) is 0. The fourth-order valence-corrected chi connectivity index (χ4v) is 2.43. The van der Waals surface area contributed by atoms with Gasteiger partial charge in [-0.05, 0) is 48.3 Å². The van der Waals surface area contributed by atoms with Crippen molar-refractivity contribution in [1.29, 1.82) is 0 Å². The van der Waals surface area contributed by atoms with Crippen LogP contribution in [0.15, 0.2) is 18.2 Å². The predicted molar refractivity (Wildman–Crippen MR) is 93.6 cm³/mol. The number of ether oxygens (including phenoxy) is 1. The Labute approximate surface area is 135 Å². The molecule has 0 saturated heterocycles. The maximum Gasteiger partial charge on any atom is 0.122 e. The van der Waals surface area contributed by atoms with E-state index in [9.17, 15) is 5.11 Å². The average molecular weight is 307 g/mol. The molecule has 0 amide bonds. The first-order valence-corrected chi connectivity index (χ1v) is 8.42. The van der Waals surface area contributed by atoms with Gasteiger partial charge in [0.2, 0.25) is 0 Å². The van der Waals surface area contributed by atoms with Crippen LogP contribution in [-0.4, -0.2) is 23.9 Å². The number of aliphatic hydroxyl groups excluding tert-OH is 1. The number of hydrogen-bond donors (Lipinski definition) is 2. The van der Waals surface area contributed by atoms with E-state index in [-0.39, 0.29) is 12.0 Å². The average Bonchev–Trinajstić information content (AvgIpc) is 2.44. The van der Waals surface area contributed by atoms with Gasteiger partial charge in [0.05, 0.1) is 12.7 Å². The molecule has 0 heterocycles. The van der Waals surface area contributed by atoms with Crippen molar-refractivity contribution in [3.8, 4) is 5.75 Å². The molecule has 3 N–H and O–H groups in total. The van der Waals surface area contributed by atoms with E-state index in [0.717, 1.165) is 12.4 Å². The Bertz CT molecular complexity index is 455. The zero-order valence-electron chi connectivity index (χ0n) is 15.0. The van der Waals surface area contributed by atoms with E-state index >= 15 is 0 Å². The Hall–Kier alpha value is -1.06. The third kappa shape index (κ3) is 5.62. The molecular weight excluding hydrogens is 274 g/mol. The second kappa shape index (κ2) is 8.54. The van der Waals surface area contributed by atoms with Crippen LogP contribution in [0.2, 0.25) is 0 Å². The van der Waals surface area contributed by atoms with Crippen molar-refractivity contribution in [3.63, 3.8) is 0 Å². The van der Waals surface area contributed by atoms with Crippen molar-refractivity contribution in [2.24, 2.45) is 11.7 Å². The van der Waals surface area contributed by atoms with E-state index in [0.29, 0.717) is 18.3 Å². The summed E-state index contributed by atoms with van der Waals surface area (Å²) in [6.07, 6.45) is 0.218. The standard InChI is InChI=1S/C19H33NO2/c1-12(2)11-22-19-8-7-16(10-17(19)13(3)4)14(5)9-18(21)15(6)20/h7-8,10,12-15,18,21H,9,11,20H2,1-6H3. The summed E-state index contributed by atoms with van der Waals surface area (Å²) in [6, 6.07) is 6.21. The Balaban J connectivity index is 2.92. The highest BCUT2D eigenvalue weighted by Crippen LogP contribution is 2.32. The Morgan fingerprint density at radius 1 is 1.09 bits per heavy atom. The molecule has 0 saturated carbocycles. The highest BCUT2D eigenvalue weighted by molar-refractivity contribution is 5.40. The lowest BCUT2D eigenvalue weighted by atomic mass is 9.89. The van der Waals surface area contributed by atoms with E-state index in [4.69, 9.17) is 10.5 Å². The van der Waals surface area contributed by atoms with Crippen LogP contribution in [0, 0.1) is 5.92 Å². The van der Waals surface area contributed by atoms with Crippen molar-refractivity contribution >= 4 is 0 Å². The number of rotatable bonds is 8. The molecule has 0 fully saturated rings. The van der Waals surface area contributed by atoms with Gasteiger partial charge in [-0.3, -0.25) is 0 Å². The first-order valence-electron chi connectivity index (χ1n) is 8.42. The molecule has 0 aromatic heterocycles. The van der Waals surface area contributed by atoms with Gasteiger partial charge in [0, 0.05) is 6.04 Å². The quantitative estimate of drug-likeness (QED) is 0.762. The number of aliphatic hydroxyl groups is 1. The van der Waals surface area contributed by atoms with Gasteiger partial charge >= 0.3 is 0 Å². The van der Waals surface area contributed by atoms with Crippen LogP contribution in [0.1, 0.15) is 70.9 Å². The summed E-state index contributed by atoms with van der Waals surface area (Å²) in [4.78, 5) is 0. The third-order valence-corrected chi connectivity index (χ3v) is 4.00. The van der Waals surface area contributed by atoms with Crippen molar-refractivity contribution in [1.82, 2.24) is 0 Å². The summed E-state index contributed by atoms with van der Waals surface area (Å²) in [5.41, 5.74) is 8.24. The van der Waals surface area contributed by atoms with Gasteiger partial charge in [-0.1, -0.05) is 46.8 Å². The lowest BCUT2D eigenvalue weighted by Crippen LogP contribution is -2.32. The molecule has 22 heavy (non-hydrogen) atoms. The molecule has 126 valence electrons. The largest absolute Gasteiger partial charge is 0.493 e. The molecular formula is C19H33NO2. The summed E-state index contributed by atoms with van der Waals surface area (Å²) >= 11 is 0.